The fourth-order valence-corrected chi connectivity index (χ4v) is 8.05. The van der Waals surface area contributed by atoms with Crippen LogP contribution in [0.15, 0.2) is 18.2 Å². The van der Waals surface area contributed by atoms with Crippen molar-refractivity contribution in [2.24, 2.45) is 0 Å². The molecule has 3 rings (SSSR count). The molecule has 2 saturated heterocycles. The first kappa shape index (κ1) is 72.2. The van der Waals surface area contributed by atoms with E-state index in [0.29, 0.717) is 0 Å². The summed E-state index contributed by atoms with van der Waals surface area (Å²) in [6, 6.07) is 1.01. The van der Waals surface area contributed by atoms with E-state index >= 15 is 0 Å². The first-order chi connectivity index (χ1) is 40.5. The van der Waals surface area contributed by atoms with Gasteiger partial charge in [0.05, 0.1) is 97.4 Å². The number of nitro groups is 1. The predicted molar refractivity (Wildman–Crippen MR) is 283 cm³/mol. The highest BCUT2D eigenvalue weighted by atomic mass is 16.7. The van der Waals surface area contributed by atoms with Gasteiger partial charge in [-0.25, -0.2) is 0 Å². The van der Waals surface area contributed by atoms with Crippen molar-refractivity contribution < 1.29 is 129 Å². The summed E-state index contributed by atoms with van der Waals surface area (Å²) in [4.78, 5) is 132. The number of hydrogen-bond donors (Lipinski definition) is 4. The van der Waals surface area contributed by atoms with Gasteiger partial charge in [-0.05, 0) is 6.07 Å². The average Bonchev–Trinajstić information content (AvgIpc) is 1.70. The van der Waals surface area contributed by atoms with E-state index in [1.165, 1.54) is 33.8 Å². The van der Waals surface area contributed by atoms with E-state index in [4.69, 9.17) is 75.8 Å². The minimum atomic E-state index is -1.27. The highest BCUT2D eigenvalue weighted by Gasteiger charge is 2.53. The quantitative estimate of drug-likeness (QED) is 0.0192. The molecule has 10 atom stereocenters. The number of benzene rings is 1. The van der Waals surface area contributed by atoms with Gasteiger partial charge in [0.25, 0.3) is 17.5 Å². The summed E-state index contributed by atoms with van der Waals surface area (Å²) in [5, 5.41) is 22.0. The van der Waals surface area contributed by atoms with Crippen LogP contribution in [0.3, 0.4) is 0 Å². The summed E-state index contributed by atoms with van der Waals surface area (Å²) in [5.74, 6) is -6.72. The summed E-state index contributed by atoms with van der Waals surface area (Å²) in [7, 11) is 0. The summed E-state index contributed by atoms with van der Waals surface area (Å²) in [6.45, 7) is 9.74. The number of ether oxygens (including phenoxy) is 16. The Morgan fingerprint density at radius 3 is 1.04 bits per heavy atom. The highest BCUT2D eigenvalue weighted by Crippen LogP contribution is 2.30. The molecule has 0 radical (unpaired) electrons. The van der Waals surface area contributed by atoms with Gasteiger partial charge in [-0.2, -0.15) is 0 Å². The smallest absolute Gasteiger partial charge is 0.303 e. The number of nitro benzene ring substituents is 1. The van der Waals surface area contributed by atoms with Crippen LogP contribution < -0.4 is 21.3 Å². The number of carbonyl (C=O) groups excluding carboxylic acids is 10. The number of rotatable bonds is 39. The first-order valence-electron chi connectivity index (χ1n) is 26.8. The van der Waals surface area contributed by atoms with Gasteiger partial charge >= 0.3 is 35.8 Å². The van der Waals surface area contributed by atoms with Crippen molar-refractivity contribution in [2.45, 2.75) is 117 Å². The van der Waals surface area contributed by atoms with Crippen LogP contribution >= 0.6 is 0 Å². The van der Waals surface area contributed by atoms with Crippen molar-refractivity contribution in [1.29, 1.82) is 0 Å². The minimum absolute atomic E-state index is 0.0184. The van der Waals surface area contributed by atoms with Gasteiger partial charge in [0, 0.05) is 91.7 Å². The fourth-order valence-electron chi connectivity index (χ4n) is 8.05. The molecule has 2 aliphatic heterocycles. The molecule has 33 nitrogen and oxygen atoms in total. The third kappa shape index (κ3) is 28.6. The van der Waals surface area contributed by atoms with Crippen molar-refractivity contribution in [3.63, 3.8) is 0 Å². The van der Waals surface area contributed by atoms with E-state index in [2.05, 4.69) is 21.3 Å². The van der Waals surface area contributed by atoms with E-state index in [9.17, 15) is 58.1 Å². The lowest BCUT2D eigenvalue weighted by Crippen LogP contribution is -2.66. The average molecular weight is 1220 g/mol. The molecule has 0 saturated carbocycles. The van der Waals surface area contributed by atoms with E-state index in [1.54, 1.807) is 0 Å². The lowest BCUT2D eigenvalue weighted by Gasteiger charge is -2.44. The second kappa shape index (κ2) is 39.5. The van der Waals surface area contributed by atoms with Crippen LogP contribution in [0.5, 0.6) is 0 Å². The van der Waals surface area contributed by atoms with Crippen LogP contribution in [0, 0.1) is 10.1 Å². The minimum Gasteiger partial charge on any atom is -0.463 e. The van der Waals surface area contributed by atoms with Crippen molar-refractivity contribution >= 4 is 65.1 Å². The third-order valence-corrected chi connectivity index (χ3v) is 11.4. The Hall–Kier alpha value is -7.08. The van der Waals surface area contributed by atoms with E-state index < -0.39 is 131 Å². The van der Waals surface area contributed by atoms with Gasteiger partial charge in [0.15, 0.2) is 37.0 Å². The molecule has 0 aliphatic carbocycles. The topological polar surface area (TPSA) is 410 Å². The van der Waals surface area contributed by atoms with Gasteiger partial charge in [-0.3, -0.25) is 58.1 Å². The second-order valence-electron chi connectivity index (χ2n) is 18.4. The second-order valence-corrected chi connectivity index (χ2v) is 18.4. The molecule has 2 unspecified atom stereocenters. The SMILES string of the molecule is CC(=O)N[C@H]1C(OCCOCCOCCOCCNC(=O)c2cc(C(=O)NCCOCCOCCOCCOC3O[C@H](COC(C)=O)[C@H](OC(C)=O)[C@H](OC(C)=O)[C@H]3NC(C)=O)cc([N+](=O)[O-])c2)O[C@H](COC(C)=O)[C@H](OC(C)=O)[C@@H]1OC(C)=O. The molecule has 4 N–H and O–H groups in total. The number of amides is 4. The molecule has 0 aromatic heterocycles. The Morgan fingerprint density at radius 2 is 0.741 bits per heavy atom. The number of non-ortho nitro benzene ring substituents is 1. The number of nitrogens with zero attached hydrogens (tertiary/aromatic N) is 1. The van der Waals surface area contributed by atoms with Crippen LogP contribution in [-0.4, -0.2) is 244 Å². The molecule has 1 aromatic rings. The molecule has 2 aliphatic rings. The predicted octanol–water partition coefficient (Wildman–Crippen LogP) is -1.50. The zero-order chi connectivity index (χ0) is 62.8. The van der Waals surface area contributed by atoms with E-state index in [0.717, 1.165) is 39.8 Å². The molecule has 0 bridgehead atoms. The van der Waals surface area contributed by atoms with Gasteiger partial charge in [-0.15, -0.1) is 0 Å². The van der Waals surface area contributed by atoms with Gasteiger partial charge in [-0.1, -0.05) is 0 Å². The Balaban J connectivity index is 1.30. The number of carbonyl (C=O) groups is 10. The molecule has 0 spiro atoms. The highest BCUT2D eigenvalue weighted by molar-refractivity contribution is 6.00. The number of esters is 6. The molecule has 2 fully saturated rings. The van der Waals surface area contributed by atoms with Crippen molar-refractivity contribution in [3.8, 4) is 0 Å². The van der Waals surface area contributed by atoms with Crippen LogP contribution in [0.1, 0.15) is 76.1 Å². The molecule has 4 amide bonds. The third-order valence-electron chi connectivity index (χ3n) is 11.4. The van der Waals surface area contributed by atoms with Crippen LogP contribution in [0.25, 0.3) is 0 Å². The molecule has 33 heteroatoms. The van der Waals surface area contributed by atoms with Gasteiger partial charge in [0.2, 0.25) is 11.8 Å². The maximum atomic E-state index is 12.9. The molecule has 2 heterocycles. The molecule has 85 heavy (non-hydrogen) atoms. The molecule has 478 valence electrons. The van der Waals surface area contributed by atoms with Crippen molar-refractivity contribution in [1.82, 2.24) is 21.3 Å². The van der Waals surface area contributed by atoms with Gasteiger partial charge in [0.1, 0.15) is 37.5 Å². The monoisotopic (exact) mass is 1220 g/mol. The lowest BCUT2D eigenvalue weighted by atomic mass is 9.96. The van der Waals surface area contributed by atoms with Crippen molar-refractivity contribution in [2.75, 3.05) is 119 Å². The molecule has 1 aromatic carbocycles. The standard InChI is InChI=1S/C52H77N5O28/c1-30(58)55-43-47(82-36(7)64)45(80-34(5)62)41(28-78-32(3)60)84-51(43)76-23-21-74-19-17-72-15-13-70-11-9-53-49(66)38-25-39(27-40(26-38)57(68)69)50(67)54-10-12-71-14-16-73-18-20-75-22-24-77-52-44(56-31(2)59)48(83-37(8)65)46(81-35(6)63)42(85-52)29-79-33(4)61/h25-27,41-48,51-52H,9-24,28-29H2,1-8H3,(H,53,66)(H,54,67)(H,55,58)(H,56,59)/t41-,42-,43-,44-,45+,46+,47-,48-,51?,52?/m1/s1. The van der Waals surface area contributed by atoms with Crippen molar-refractivity contribution in [3.05, 3.63) is 39.4 Å². The summed E-state index contributed by atoms with van der Waals surface area (Å²) < 4.78 is 88.4. The summed E-state index contributed by atoms with van der Waals surface area (Å²) in [6.07, 6.45) is -9.83. The first-order valence-corrected chi connectivity index (χ1v) is 26.8. The Morgan fingerprint density at radius 1 is 0.435 bits per heavy atom. The zero-order valence-corrected chi connectivity index (χ0v) is 48.6. The van der Waals surface area contributed by atoms with Crippen LogP contribution in [0.2, 0.25) is 0 Å². The Bertz CT molecular complexity index is 2210. The number of hydrogen-bond acceptors (Lipinski definition) is 28. The lowest BCUT2D eigenvalue weighted by molar-refractivity contribution is -0.384. The maximum Gasteiger partial charge on any atom is 0.303 e. The summed E-state index contributed by atoms with van der Waals surface area (Å²) in [5.41, 5.74) is -0.753. The van der Waals surface area contributed by atoms with E-state index in [1.807, 2.05) is 0 Å². The largest absolute Gasteiger partial charge is 0.463 e. The normalized spacial score (nSPS) is 21.7. The fraction of sp³-hybridized carbons (Fsp3) is 0.692. The zero-order valence-electron chi connectivity index (χ0n) is 48.6. The maximum absolute atomic E-state index is 12.9. The number of nitrogens with one attached hydrogen (secondary N) is 4. The Kier molecular flexibility index (Phi) is 33.6. The molecular weight excluding hydrogens is 1140 g/mol. The van der Waals surface area contributed by atoms with Gasteiger partial charge < -0.3 is 97.1 Å². The van der Waals surface area contributed by atoms with Crippen LogP contribution in [-0.2, 0) is 114 Å². The van der Waals surface area contributed by atoms with Crippen LogP contribution in [0.4, 0.5) is 5.69 Å². The molecular formula is C52H77N5O28. The summed E-state index contributed by atoms with van der Waals surface area (Å²) >= 11 is 0. The Labute approximate surface area is 488 Å². The van der Waals surface area contributed by atoms with E-state index in [-0.39, 0.29) is 130 Å².